The van der Waals surface area contributed by atoms with Crippen LogP contribution in [0.3, 0.4) is 0 Å². The summed E-state index contributed by atoms with van der Waals surface area (Å²) in [7, 11) is -0.0763. The molecule has 0 fully saturated rings. The molecule has 0 radical (unpaired) electrons. The number of carbonyl (C=O) groups is 1. The average Bonchev–Trinajstić information content (AvgIpc) is 2.70. The molecule has 1 aromatic rings. The molecule has 1 aliphatic rings. The SMILES string of the molecule is COc1ccc2c(c1)[C@@](C#N)(N[S@](=O)C(C)(C)C)C(=O)N2. The van der Waals surface area contributed by atoms with Gasteiger partial charge >= 0.3 is 0 Å². The maximum atomic E-state index is 12.3. The summed E-state index contributed by atoms with van der Waals surface area (Å²) in [4.78, 5) is 12.3. The highest BCUT2D eigenvalue weighted by Gasteiger charge is 2.50. The number of ether oxygens (including phenoxy) is 1. The second kappa shape index (κ2) is 5.13. The van der Waals surface area contributed by atoms with Gasteiger partial charge in [0.2, 0.25) is 5.54 Å². The molecule has 0 spiro atoms. The summed E-state index contributed by atoms with van der Waals surface area (Å²) in [6.45, 7) is 5.29. The van der Waals surface area contributed by atoms with Crippen molar-refractivity contribution in [2.45, 2.75) is 31.1 Å². The number of hydrogen-bond donors (Lipinski definition) is 2. The van der Waals surface area contributed by atoms with Gasteiger partial charge in [-0.25, -0.2) is 8.93 Å². The van der Waals surface area contributed by atoms with Crippen LogP contribution in [-0.2, 0) is 21.3 Å². The van der Waals surface area contributed by atoms with Gasteiger partial charge in [0.25, 0.3) is 5.91 Å². The minimum atomic E-state index is -1.68. The fourth-order valence-corrected chi connectivity index (χ4v) is 2.77. The normalized spacial score (nSPS) is 22.1. The van der Waals surface area contributed by atoms with Crippen molar-refractivity contribution in [2.24, 2.45) is 0 Å². The van der Waals surface area contributed by atoms with Crippen LogP contribution >= 0.6 is 0 Å². The Balaban J connectivity index is 2.53. The minimum Gasteiger partial charge on any atom is -0.497 e. The molecule has 0 unspecified atom stereocenters. The standard InChI is InChI=1S/C14H17N3O3S/c1-13(2,3)21(19)17-14(8-15)10-7-9(20-4)5-6-11(10)16-12(14)18/h5-7,17H,1-4H3,(H,16,18)/t14-,21-/m1/s1. The molecule has 7 heteroatoms. The minimum absolute atomic E-state index is 0.423. The highest BCUT2D eigenvalue weighted by atomic mass is 32.2. The summed E-state index contributed by atoms with van der Waals surface area (Å²) in [5.74, 6) is -0.0148. The quantitative estimate of drug-likeness (QED) is 0.883. The lowest BCUT2D eigenvalue weighted by molar-refractivity contribution is -0.119. The molecule has 2 rings (SSSR count). The van der Waals surface area contributed by atoms with Crippen LogP contribution in [0, 0.1) is 11.3 Å². The van der Waals surface area contributed by atoms with Crippen LogP contribution in [0.4, 0.5) is 5.69 Å². The number of methoxy groups -OCH3 is 1. The van der Waals surface area contributed by atoms with Gasteiger partial charge in [0, 0.05) is 11.3 Å². The van der Waals surface area contributed by atoms with E-state index < -0.39 is 27.2 Å². The van der Waals surface area contributed by atoms with E-state index in [4.69, 9.17) is 4.74 Å². The highest BCUT2D eigenvalue weighted by Crippen LogP contribution is 2.38. The van der Waals surface area contributed by atoms with E-state index in [0.29, 0.717) is 17.0 Å². The molecular weight excluding hydrogens is 290 g/mol. The predicted octanol–water partition coefficient (Wildman–Crippen LogP) is 1.42. The number of hydrogen-bond acceptors (Lipinski definition) is 4. The first-order valence-corrected chi connectivity index (χ1v) is 7.50. The molecule has 112 valence electrons. The number of fused-ring (bicyclic) bond motifs is 1. The lowest BCUT2D eigenvalue weighted by atomic mass is 9.94. The third kappa shape index (κ3) is 2.52. The Bertz CT molecular complexity index is 660. The molecule has 2 N–H and O–H groups in total. The summed E-state index contributed by atoms with van der Waals surface area (Å²) in [6.07, 6.45) is 0. The third-order valence-corrected chi connectivity index (χ3v) is 4.79. The Morgan fingerprint density at radius 3 is 2.62 bits per heavy atom. The van der Waals surface area contributed by atoms with Crippen molar-refractivity contribution in [3.63, 3.8) is 0 Å². The molecule has 1 aromatic carbocycles. The number of nitrogens with one attached hydrogen (secondary N) is 2. The number of anilines is 1. The summed E-state index contributed by atoms with van der Waals surface area (Å²) in [6, 6.07) is 6.91. The van der Waals surface area contributed by atoms with Gasteiger partial charge in [-0.15, -0.1) is 0 Å². The van der Waals surface area contributed by atoms with Crippen LogP contribution in [-0.4, -0.2) is 22.0 Å². The van der Waals surface area contributed by atoms with Crippen LogP contribution < -0.4 is 14.8 Å². The largest absolute Gasteiger partial charge is 0.497 e. The average molecular weight is 307 g/mol. The molecule has 2 atom stereocenters. The first-order valence-electron chi connectivity index (χ1n) is 6.35. The van der Waals surface area contributed by atoms with E-state index in [1.807, 2.05) is 6.07 Å². The van der Waals surface area contributed by atoms with Gasteiger partial charge in [-0.2, -0.15) is 5.26 Å². The van der Waals surface area contributed by atoms with E-state index >= 15 is 0 Å². The van der Waals surface area contributed by atoms with Gasteiger partial charge in [-0.1, -0.05) is 0 Å². The van der Waals surface area contributed by atoms with Crippen molar-refractivity contribution in [1.82, 2.24) is 4.72 Å². The monoisotopic (exact) mass is 307 g/mol. The van der Waals surface area contributed by atoms with Crippen molar-refractivity contribution >= 4 is 22.6 Å². The number of nitrogens with zero attached hydrogens (tertiary/aromatic N) is 1. The molecule has 21 heavy (non-hydrogen) atoms. The number of rotatable bonds is 3. The zero-order valence-corrected chi connectivity index (χ0v) is 13.1. The van der Waals surface area contributed by atoms with Crippen LogP contribution in [0.1, 0.15) is 26.3 Å². The molecule has 1 aliphatic heterocycles. The van der Waals surface area contributed by atoms with Gasteiger partial charge < -0.3 is 10.1 Å². The number of benzene rings is 1. The van der Waals surface area contributed by atoms with Crippen LogP contribution in [0.25, 0.3) is 0 Å². The van der Waals surface area contributed by atoms with E-state index in [0.717, 1.165) is 0 Å². The molecule has 1 heterocycles. The van der Waals surface area contributed by atoms with Crippen molar-refractivity contribution in [2.75, 3.05) is 12.4 Å². The highest BCUT2D eigenvalue weighted by molar-refractivity contribution is 7.84. The molecule has 1 amide bonds. The topological polar surface area (TPSA) is 91.2 Å². The van der Waals surface area contributed by atoms with Crippen LogP contribution in [0.2, 0.25) is 0 Å². The van der Waals surface area contributed by atoms with Crippen LogP contribution in [0.5, 0.6) is 5.75 Å². The number of carbonyl (C=O) groups excluding carboxylic acids is 1. The first-order chi connectivity index (χ1) is 9.74. The van der Waals surface area contributed by atoms with E-state index in [-0.39, 0.29) is 0 Å². The Morgan fingerprint density at radius 1 is 1.43 bits per heavy atom. The molecule has 6 nitrogen and oxygen atoms in total. The Labute approximate surface area is 126 Å². The molecule has 0 saturated carbocycles. The van der Waals surface area contributed by atoms with Crippen molar-refractivity contribution in [1.29, 1.82) is 5.26 Å². The summed E-state index contributed by atoms with van der Waals surface area (Å²) < 4.78 is 19.5. The Hall–Kier alpha value is -1.91. The molecule has 0 aromatic heterocycles. The maximum absolute atomic E-state index is 12.3. The van der Waals surface area contributed by atoms with Gasteiger partial charge in [-0.05, 0) is 39.0 Å². The lowest BCUT2D eigenvalue weighted by Crippen LogP contribution is -2.51. The van der Waals surface area contributed by atoms with E-state index in [1.54, 1.807) is 39.0 Å². The van der Waals surface area contributed by atoms with Gasteiger partial charge in [0.1, 0.15) is 11.8 Å². The molecule has 0 saturated heterocycles. The predicted molar refractivity (Wildman–Crippen MR) is 79.9 cm³/mol. The van der Waals surface area contributed by atoms with Gasteiger partial charge in [-0.3, -0.25) is 4.79 Å². The zero-order chi connectivity index (χ0) is 15.8. The van der Waals surface area contributed by atoms with E-state index in [2.05, 4.69) is 10.0 Å². The maximum Gasteiger partial charge on any atom is 0.265 e. The lowest BCUT2D eigenvalue weighted by Gasteiger charge is -2.26. The smallest absolute Gasteiger partial charge is 0.265 e. The first kappa shape index (κ1) is 15.5. The fourth-order valence-electron chi connectivity index (χ4n) is 1.94. The summed E-state index contributed by atoms with van der Waals surface area (Å²) in [5, 5.41) is 12.2. The molecule has 0 bridgehead atoms. The van der Waals surface area contributed by atoms with Gasteiger partial charge in [0.15, 0.2) is 0 Å². The second-order valence-electron chi connectivity index (χ2n) is 5.71. The zero-order valence-electron chi connectivity index (χ0n) is 12.3. The van der Waals surface area contributed by atoms with Crippen molar-refractivity contribution in [3.05, 3.63) is 23.8 Å². The van der Waals surface area contributed by atoms with Crippen molar-refractivity contribution in [3.8, 4) is 11.8 Å². The summed E-state index contributed by atoms with van der Waals surface area (Å²) >= 11 is 0. The number of amides is 1. The summed E-state index contributed by atoms with van der Waals surface area (Å²) in [5.41, 5.74) is -0.741. The Morgan fingerprint density at radius 2 is 2.10 bits per heavy atom. The fraction of sp³-hybridized carbons (Fsp3) is 0.429. The number of nitriles is 1. The van der Waals surface area contributed by atoms with E-state index in [9.17, 15) is 14.3 Å². The second-order valence-corrected chi connectivity index (χ2v) is 7.68. The van der Waals surface area contributed by atoms with Crippen LogP contribution in [0.15, 0.2) is 18.2 Å². The van der Waals surface area contributed by atoms with Gasteiger partial charge in [0.05, 0.1) is 22.8 Å². The van der Waals surface area contributed by atoms with E-state index in [1.165, 1.54) is 7.11 Å². The van der Waals surface area contributed by atoms with Crippen molar-refractivity contribution < 1.29 is 13.7 Å². The Kier molecular flexibility index (Phi) is 3.78. The molecular formula is C14H17N3O3S. The molecule has 0 aliphatic carbocycles. The third-order valence-electron chi connectivity index (χ3n) is 3.19.